The lowest BCUT2D eigenvalue weighted by atomic mass is 10.2. The Morgan fingerprint density at radius 3 is 2.76 bits per heavy atom. The van der Waals surface area contributed by atoms with Crippen LogP contribution in [-0.4, -0.2) is 21.4 Å². The number of hydrogen-bond donors (Lipinski definition) is 1. The van der Waals surface area contributed by atoms with Gasteiger partial charge in [-0.2, -0.15) is 0 Å². The van der Waals surface area contributed by atoms with Crippen molar-refractivity contribution in [2.75, 3.05) is 11.9 Å². The molecule has 0 aliphatic carbocycles. The van der Waals surface area contributed by atoms with E-state index in [4.69, 9.17) is 4.74 Å². The summed E-state index contributed by atoms with van der Waals surface area (Å²) in [7, 11) is 0. The Balaban J connectivity index is 2.44. The average molecular weight is 288 g/mol. The van der Waals surface area contributed by atoms with Gasteiger partial charge in [0.05, 0.1) is 10.5 Å². The van der Waals surface area contributed by atoms with Crippen LogP contribution in [0.25, 0.3) is 0 Å². The van der Waals surface area contributed by atoms with E-state index in [0.29, 0.717) is 29.4 Å². The van der Waals surface area contributed by atoms with Crippen molar-refractivity contribution in [3.05, 3.63) is 45.8 Å². The molecule has 7 heteroatoms. The molecule has 0 spiro atoms. The molecule has 0 atom stereocenters. The molecule has 0 saturated heterocycles. The number of ether oxygens (including phenoxy) is 1. The van der Waals surface area contributed by atoms with Gasteiger partial charge in [-0.15, -0.1) is 0 Å². The van der Waals surface area contributed by atoms with Gasteiger partial charge in [0.2, 0.25) is 11.6 Å². The van der Waals surface area contributed by atoms with Crippen LogP contribution in [0.3, 0.4) is 0 Å². The highest BCUT2D eigenvalue weighted by Crippen LogP contribution is 2.35. The molecule has 1 heterocycles. The molecule has 0 aliphatic heterocycles. The molecule has 2 aromatic rings. The molecule has 0 aliphatic rings. The van der Waals surface area contributed by atoms with Gasteiger partial charge in [0.25, 0.3) is 0 Å². The van der Waals surface area contributed by atoms with Gasteiger partial charge in [0.15, 0.2) is 0 Å². The van der Waals surface area contributed by atoms with Crippen LogP contribution >= 0.6 is 0 Å². The third kappa shape index (κ3) is 3.07. The Labute approximate surface area is 122 Å². The Bertz CT molecular complexity index is 673. The minimum absolute atomic E-state index is 0.0852. The predicted octanol–water partition coefficient (Wildman–Crippen LogP) is 3.23. The molecule has 0 saturated carbocycles. The van der Waals surface area contributed by atoms with Gasteiger partial charge in [-0.25, -0.2) is 9.97 Å². The van der Waals surface area contributed by atoms with Crippen molar-refractivity contribution in [1.29, 1.82) is 0 Å². The maximum Gasteiger partial charge on any atom is 0.311 e. The lowest BCUT2D eigenvalue weighted by Crippen LogP contribution is -2.04. The summed E-state index contributed by atoms with van der Waals surface area (Å²) in [4.78, 5) is 18.8. The Morgan fingerprint density at radius 2 is 2.10 bits per heavy atom. The highest BCUT2D eigenvalue weighted by atomic mass is 16.6. The zero-order chi connectivity index (χ0) is 15.4. The maximum absolute atomic E-state index is 11.1. The molecule has 1 aromatic carbocycles. The van der Waals surface area contributed by atoms with E-state index in [1.165, 1.54) is 12.4 Å². The van der Waals surface area contributed by atoms with E-state index in [2.05, 4.69) is 15.3 Å². The summed E-state index contributed by atoms with van der Waals surface area (Å²) < 4.78 is 5.69. The maximum atomic E-state index is 11.1. The van der Waals surface area contributed by atoms with Gasteiger partial charge in [-0.1, -0.05) is 12.1 Å². The quantitative estimate of drug-likeness (QED) is 0.671. The molecule has 110 valence electrons. The fourth-order valence-electron chi connectivity index (χ4n) is 1.89. The first-order valence-electron chi connectivity index (χ1n) is 6.52. The fraction of sp³-hybridized carbons (Fsp3) is 0.286. The van der Waals surface area contributed by atoms with Crippen LogP contribution in [0.1, 0.15) is 18.1 Å². The van der Waals surface area contributed by atoms with Gasteiger partial charge in [0.1, 0.15) is 12.1 Å². The van der Waals surface area contributed by atoms with Gasteiger partial charge in [-0.3, -0.25) is 10.1 Å². The second-order valence-corrected chi connectivity index (χ2v) is 4.47. The van der Waals surface area contributed by atoms with Gasteiger partial charge in [0, 0.05) is 12.6 Å². The number of nitrogens with one attached hydrogen (secondary N) is 1. The van der Waals surface area contributed by atoms with Crippen LogP contribution in [0, 0.1) is 24.0 Å². The molecule has 0 fully saturated rings. The van der Waals surface area contributed by atoms with Crippen LogP contribution in [0.15, 0.2) is 24.5 Å². The first kappa shape index (κ1) is 14.7. The number of rotatable bonds is 5. The molecule has 0 bridgehead atoms. The van der Waals surface area contributed by atoms with Gasteiger partial charge in [-0.05, 0) is 26.3 Å². The SMILES string of the molecule is CCNc1ncnc(Oc2c(C)cccc2[N+](=O)[O-])c1C. The number of aromatic nitrogens is 2. The van der Waals surface area contributed by atoms with Gasteiger partial charge >= 0.3 is 5.69 Å². The largest absolute Gasteiger partial charge is 0.431 e. The molecule has 21 heavy (non-hydrogen) atoms. The monoisotopic (exact) mass is 288 g/mol. The zero-order valence-electron chi connectivity index (χ0n) is 12.1. The first-order chi connectivity index (χ1) is 10.0. The number of nitro benzene ring substituents is 1. The van der Waals surface area contributed by atoms with E-state index in [1.807, 2.05) is 6.92 Å². The number of para-hydroxylation sites is 1. The molecule has 7 nitrogen and oxygen atoms in total. The number of aryl methyl sites for hydroxylation is 1. The summed E-state index contributed by atoms with van der Waals surface area (Å²) in [5.74, 6) is 1.16. The summed E-state index contributed by atoms with van der Waals surface area (Å²) in [6.07, 6.45) is 1.37. The number of hydrogen-bond acceptors (Lipinski definition) is 6. The average Bonchev–Trinajstić information content (AvgIpc) is 2.45. The number of anilines is 1. The van der Waals surface area contributed by atoms with Crippen molar-refractivity contribution in [2.45, 2.75) is 20.8 Å². The second-order valence-electron chi connectivity index (χ2n) is 4.47. The van der Waals surface area contributed by atoms with E-state index in [-0.39, 0.29) is 11.4 Å². The van der Waals surface area contributed by atoms with Crippen molar-refractivity contribution in [2.24, 2.45) is 0 Å². The smallest absolute Gasteiger partial charge is 0.311 e. The van der Waals surface area contributed by atoms with Gasteiger partial charge < -0.3 is 10.1 Å². The lowest BCUT2D eigenvalue weighted by Gasteiger charge is -2.12. The van der Waals surface area contributed by atoms with Crippen LogP contribution < -0.4 is 10.1 Å². The number of nitrogens with zero attached hydrogens (tertiary/aromatic N) is 3. The molecule has 0 amide bonds. The Hall–Kier alpha value is -2.70. The third-order valence-corrected chi connectivity index (χ3v) is 2.97. The zero-order valence-corrected chi connectivity index (χ0v) is 12.1. The molecule has 1 aromatic heterocycles. The first-order valence-corrected chi connectivity index (χ1v) is 6.52. The van der Waals surface area contributed by atoms with E-state index in [1.54, 1.807) is 26.0 Å². The molecule has 2 rings (SSSR count). The summed E-state index contributed by atoms with van der Waals surface area (Å²) >= 11 is 0. The highest BCUT2D eigenvalue weighted by molar-refractivity contribution is 5.55. The van der Waals surface area contributed by atoms with Crippen LogP contribution in [0.4, 0.5) is 11.5 Å². The predicted molar refractivity (Wildman–Crippen MR) is 78.8 cm³/mol. The van der Waals surface area contributed by atoms with Crippen LogP contribution in [0.2, 0.25) is 0 Å². The molecule has 0 unspecified atom stereocenters. The number of benzene rings is 1. The van der Waals surface area contributed by atoms with Crippen molar-refractivity contribution < 1.29 is 9.66 Å². The minimum Gasteiger partial charge on any atom is -0.431 e. The normalized spacial score (nSPS) is 10.2. The van der Waals surface area contributed by atoms with E-state index >= 15 is 0 Å². The Morgan fingerprint density at radius 1 is 1.33 bits per heavy atom. The summed E-state index contributed by atoms with van der Waals surface area (Å²) in [6.45, 7) is 6.22. The van der Waals surface area contributed by atoms with Crippen LogP contribution in [0.5, 0.6) is 11.6 Å². The minimum atomic E-state index is -0.468. The fourth-order valence-corrected chi connectivity index (χ4v) is 1.89. The summed E-state index contributed by atoms with van der Waals surface area (Å²) in [5, 5.41) is 14.2. The second kappa shape index (κ2) is 6.17. The van der Waals surface area contributed by atoms with Crippen molar-refractivity contribution in [3.8, 4) is 11.6 Å². The van der Waals surface area contributed by atoms with Crippen LogP contribution in [-0.2, 0) is 0 Å². The van der Waals surface area contributed by atoms with Crippen molar-refractivity contribution in [1.82, 2.24) is 9.97 Å². The third-order valence-electron chi connectivity index (χ3n) is 2.97. The summed E-state index contributed by atoms with van der Waals surface area (Å²) in [6, 6.07) is 4.78. The van der Waals surface area contributed by atoms with Crippen molar-refractivity contribution in [3.63, 3.8) is 0 Å². The molecule has 0 radical (unpaired) electrons. The molecular weight excluding hydrogens is 272 g/mol. The van der Waals surface area contributed by atoms with E-state index in [0.717, 1.165) is 0 Å². The standard InChI is InChI=1S/C14H16N4O3/c1-4-15-13-10(3)14(17-8-16-13)21-12-9(2)6-5-7-11(12)18(19)20/h5-8H,4H2,1-3H3,(H,15,16,17). The van der Waals surface area contributed by atoms with E-state index < -0.39 is 4.92 Å². The highest BCUT2D eigenvalue weighted by Gasteiger charge is 2.19. The Kier molecular flexibility index (Phi) is 4.32. The molecular formula is C14H16N4O3. The summed E-state index contributed by atoms with van der Waals surface area (Å²) in [5.41, 5.74) is 1.29. The lowest BCUT2D eigenvalue weighted by molar-refractivity contribution is -0.385. The molecule has 1 N–H and O–H groups in total. The van der Waals surface area contributed by atoms with Crippen molar-refractivity contribution >= 4 is 11.5 Å². The van der Waals surface area contributed by atoms with E-state index in [9.17, 15) is 10.1 Å². The topological polar surface area (TPSA) is 90.2 Å². The number of nitro groups is 1.